The fraction of sp³-hybridized carbons (Fsp3) is 0.278. The van der Waals surface area contributed by atoms with E-state index in [-0.39, 0.29) is 12.5 Å². The Morgan fingerprint density at radius 3 is 2.56 bits per heavy atom. The van der Waals surface area contributed by atoms with Crippen LogP contribution in [-0.4, -0.2) is 33.2 Å². The van der Waals surface area contributed by atoms with Gasteiger partial charge >= 0.3 is 0 Å². The number of sulfonamides is 1. The number of ether oxygens (including phenoxy) is 1. The minimum absolute atomic E-state index is 0.0461. The van der Waals surface area contributed by atoms with Crippen LogP contribution >= 0.6 is 0 Å². The highest BCUT2D eigenvalue weighted by Crippen LogP contribution is 2.34. The van der Waals surface area contributed by atoms with Crippen molar-refractivity contribution in [2.45, 2.75) is 19.6 Å². The average Bonchev–Trinajstić information content (AvgIpc) is 2.59. The highest BCUT2D eigenvalue weighted by atomic mass is 32.2. The van der Waals surface area contributed by atoms with Crippen molar-refractivity contribution < 1.29 is 17.9 Å². The summed E-state index contributed by atoms with van der Waals surface area (Å²) in [6, 6.07) is 14.6. The highest BCUT2D eigenvalue weighted by Gasteiger charge is 2.34. The van der Waals surface area contributed by atoms with Crippen LogP contribution in [-0.2, 0) is 21.4 Å². The Morgan fingerprint density at radius 1 is 1.20 bits per heavy atom. The molecule has 0 radical (unpaired) electrons. The monoisotopic (exact) mass is 360 g/mol. The summed E-state index contributed by atoms with van der Waals surface area (Å²) in [6.07, 6.45) is 0.228. The van der Waals surface area contributed by atoms with E-state index < -0.39 is 16.1 Å². The number of benzene rings is 2. The van der Waals surface area contributed by atoms with Crippen molar-refractivity contribution in [3.05, 3.63) is 59.7 Å². The van der Waals surface area contributed by atoms with Crippen molar-refractivity contribution in [1.29, 1.82) is 0 Å². The minimum Gasteiger partial charge on any atom is -0.476 e. The van der Waals surface area contributed by atoms with E-state index >= 15 is 0 Å². The van der Waals surface area contributed by atoms with Crippen LogP contribution in [0.2, 0.25) is 0 Å². The molecule has 0 aromatic heterocycles. The summed E-state index contributed by atoms with van der Waals surface area (Å²) >= 11 is 0. The zero-order chi connectivity index (χ0) is 18.0. The molecule has 0 spiro atoms. The predicted molar refractivity (Wildman–Crippen MR) is 96.1 cm³/mol. The van der Waals surface area contributed by atoms with Gasteiger partial charge in [-0.3, -0.25) is 9.10 Å². The third-order valence-electron chi connectivity index (χ3n) is 4.01. The number of nitrogens with one attached hydrogen (secondary N) is 1. The van der Waals surface area contributed by atoms with Gasteiger partial charge in [-0.2, -0.15) is 0 Å². The van der Waals surface area contributed by atoms with Gasteiger partial charge in [0.25, 0.3) is 5.91 Å². The molecule has 0 unspecified atom stereocenters. The van der Waals surface area contributed by atoms with Crippen LogP contribution in [0.3, 0.4) is 0 Å². The number of carbonyl (C=O) groups is 1. The highest BCUT2D eigenvalue weighted by molar-refractivity contribution is 7.92. The molecule has 1 amide bonds. The first-order chi connectivity index (χ1) is 11.8. The quantitative estimate of drug-likeness (QED) is 0.903. The number of hydrogen-bond acceptors (Lipinski definition) is 4. The Labute approximate surface area is 147 Å². The second kappa shape index (κ2) is 6.76. The maximum Gasteiger partial charge on any atom is 0.263 e. The molecule has 2 aromatic carbocycles. The predicted octanol–water partition coefficient (Wildman–Crippen LogP) is 1.84. The lowest BCUT2D eigenvalue weighted by Crippen LogP contribution is -2.50. The van der Waals surface area contributed by atoms with Gasteiger partial charge in [0.2, 0.25) is 10.0 Å². The third kappa shape index (κ3) is 3.93. The molecule has 0 fully saturated rings. The van der Waals surface area contributed by atoms with Crippen molar-refractivity contribution in [3.8, 4) is 5.75 Å². The van der Waals surface area contributed by atoms with E-state index in [1.165, 1.54) is 4.31 Å². The normalized spacial score (nSPS) is 16.7. The second-order valence-electron chi connectivity index (χ2n) is 6.07. The molecule has 3 rings (SSSR count). The molecule has 7 heteroatoms. The molecule has 1 heterocycles. The van der Waals surface area contributed by atoms with Crippen LogP contribution < -0.4 is 14.4 Å². The fourth-order valence-corrected chi connectivity index (χ4v) is 3.58. The Morgan fingerprint density at radius 2 is 1.88 bits per heavy atom. The summed E-state index contributed by atoms with van der Waals surface area (Å²) in [5.41, 5.74) is 2.56. The van der Waals surface area contributed by atoms with E-state index in [4.69, 9.17) is 4.74 Å². The molecular weight excluding hydrogens is 340 g/mol. The fourth-order valence-electron chi connectivity index (χ4n) is 2.66. The van der Waals surface area contributed by atoms with Crippen molar-refractivity contribution in [2.75, 3.05) is 17.1 Å². The number of amides is 1. The Kier molecular flexibility index (Phi) is 4.67. The summed E-state index contributed by atoms with van der Waals surface area (Å²) in [7, 11) is -3.50. The number of rotatable bonds is 4. The summed E-state index contributed by atoms with van der Waals surface area (Å²) in [5.74, 6) is 0.0402. The number of aryl methyl sites for hydroxylation is 1. The Balaban J connectivity index is 1.74. The zero-order valence-corrected chi connectivity index (χ0v) is 14.9. The van der Waals surface area contributed by atoms with Gasteiger partial charge < -0.3 is 10.1 Å². The van der Waals surface area contributed by atoms with Gasteiger partial charge in [-0.25, -0.2) is 8.42 Å². The van der Waals surface area contributed by atoms with Gasteiger partial charge in [0.05, 0.1) is 18.5 Å². The van der Waals surface area contributed by atoms with Crippen LogP contribution in [0, 0.1) is 6.92 Å². The molecule has 6 nitrogen and oxygen atoms in total. The first-order valence-corrected chi connectivity index (χ1v) is 9.76. The van der Waals surface area contributed by atoms with Crippen LogP contribution in [0.25, 0.3) is 0 Å². The molecule has 0 saturated heterocycles. The molecule has 132 valence electrons. The zero-order valence-electron chi connectivity index (χ0n) is 14.1. The van der Waals surface area contributed by atoms with E-state index in [0.29, 0.717) is 18.0 Å². The van der Waals surface area contributed by atoms with Crippen LogP contribution in [0.15, 0.2) is 48.5 Å². The summed E-state index contributed by atoms with van der Waals surface area (Å²) < 4.78 is 31.1. The lowest BCUT2D eigenvalue weighted by molar-refractivity contribution is -0.127. The number of anilines is 1. The standard InChI is InChI=1S/C18H20N2O4S/c1-13-7-9-14(10-8-13)11-19-18(21)17-12-20(25(2,22)23)15-5-3-4-6-16(15)24-17/h3-10,17H,11-12H2,1-2H3,(H,19,21)/t17-/m1/s1. The molecular formula is C18H20N2O4S. The summed E-state index contributed by atoms with van der Waals surface area (Å²) in [4.78, 5) is 12.5. The van der Waals surface area contributed by atoms with Crippen LogP contribution in [0.5, 0.6) is 5.75 Å². The van der Waals surface area contributed by atoms with Crippen LogP contribution in [0.1, 0.15) is 11.1 Å². The topological polar surface area (TPSA) is 75.7 Å². The van der Waals surface area contributed by atoms with Gasteiger partial charge in [0.1, 0.15) is 5.75 Å². The lowest BCUT2D eigenvalue weighted by Gasteiger charge is -2.33. The van der Waals surface area contributed by atoms with E-state index in [1.54, 1.807) is 24.3 Å². The van der Waals surface area contributed by atoms with Gasteiger partial charge in [-0.05, 0) is 24.6 Å². The third-order valence-corrected chi connectivity index (χ3v) is 5.16. The number of nitrogens with zero attached hydrogens (tertiary/aromatic N) is 1. The summed E-state index contributed by atoms with van der Waals surface area (Å²) in [6.45, 7) is 2.31. The SMILES string of the molecule is Cc1ccc(CNC(=O)[C@H]2CN(S(C)(=O)=O)c3ccccc3O2)cc1. The maximum absolute atomic E-state index is 12.5. The average molecular weight is 360 g/mol. The minimum atomic E-state index is -3.50. The summed E-state index contributed by atoms with van der Waals surface area (Å²) in [5, 5.41) is 2.81. The second-order valence-corrected chi connectivity index (χ2v) is 7.98. The van der Waals surface area contributed by atoms with Gasteiger partial charge in [0.15, 0.2) is 6.10 Å². The maximum atomic E-state index is 12.5. The van der Waals surface area contributed by atoms with Gasteiger partial charge in [0, 0.05) is 6.54 Å². The number of fused-ring (bicyclic) bond motifs is 1. The van der Waals surface area contributed by atoms with Crippen molar-refractivity contribution >= 4 is 21.6 Å². The molecule has 1 atom stereocenters. The Bertz CT molecular complexity index is 878. The molecule has 1 aliphatic heterocycles. The molecule has 2 aromatic rings. The van der Waals surface area contributed by atoms with Gasteiger partial charge in [-0.15, -0.1) is 0 Å². The first kappa shape index (κ1) is 17.3. The number of para-hydroxylation sites is 2. The van der Waals surface area contributed by atoms with Crippen molar-refractivity contribution in [2.24, 2.45) is 0 Å². The molecule has 0 bridgehead atoms. The molecule has 1 aliphatic rings. The van der Waals surface area contributed by atoms with E-state index in [2.05, 4.69) is 5.32 Å². The van der Waals surface area contributed by atoms with E-state index in [0.717, 1.165) is 17.4 Å². The Hall–Kier alpha value is -2.54. The van der Waals surface area contributed by atoms with E-state index in [9.17, 15) is 13.2 Å². The molecule has 0 saturated carbocycles. The first-order valence-electron chi connectivity index (χ1n) is 7.91. The lowest BCUT2D eigenvalue weighted by atomic mass is 10.1. The smallest absolute Gasteiger partial charge is 0.263 e. The number of hydrogen-bond donors (Lipinski definition) is 1. The van der Waals surface area contributed by atoms with E-state index in [1.807, 2.05) is 31.2 Å². The largest absolute Gasteiger partial charge is 0.476 e. The van der Waals surface area contributed by atoms with Gasteiger partial charge in [-0.1, -0.05) is 42.0 Å². The van der Waals surface area contributed by atoms with Crippen LogP contribution in [0.4, 0.5) is 5.69 Å². The number of carbonyl (C=O) groups excluding carboxylic acids is 1. The molecule has 1 N–H and O–H groups in total. The van der Waals surface area contributed by atoms with Crippen molar-refractivity contribution in [1.82, 2.24) is 5.32 Å². The molecule has 25 heavy (non-hydrogen) atoms. The molecule has 0 aliphatic carbocycles. The van der Waals surface area contributed by atoms with Crippen molar-refractivity contribution in [3.63, 3.8) is 0 Å².